The monoisotopic (exact) mass is 283 g/mol. The molecular weight excluding hydrogens is 265 g/mol. The Balaban J connectivity index is 2.41. The van der Waals surface area contributed by atoms with E-state index in [9.17, 15) is 17.6 Å². The Morgan fingerprint density at radius 3 is 2.28 bits per heavy atom. The highest BCUT2D eigenvalue weighted by atomic mass is 32.2. The minimum atomic E-state index is -3.67. The first kappa shape index (κ1) is 15.2. The summed E-state index contributed by atoms with van der Waals surface area (Å²) in [7, 11) is -3.67. The van der Waals surface area contributed by atoms with E-state index in [1.165, 1.54) is 0 Å². The summed E-state index contributed by atoms with van der Waals surface area (Å²) in [6.07, 6.45) is 0.232. The molecule has 18 heavy (non-hydrogen) atoms. The lowest BCUT2D eigenvalue weighted by Gasteiger charge is -2.43. The Morgan fingerprint density at radius 1 is 1.39 bits per heavy atom. The van der Waals surface area contributed by atoms with Gasteiger partial charge in [0.15, 0.2) is 5.67 Å². The minimum Gasteiger partial charge on any atom is -0.444 e. The minimum absolute atomic E-state index is 0.225. The van der Waals surface area contributed by atoms with E-state index in [1.807, 2.05) is 0 Å². The summed E-state index contributed by atoms with van der Waals surface area (Å²) in [5.41, 5.74) is -2.46. The van der Waals surface area contributed by atoms with Crippen LogP contribution in [0.5, 0.6) is 0 Å². The van der Waals surface area contributed by atoms with Crippen LogP contribution in [0.1, 0.15) is 20.8 Å². The molecule has 1 aliphatic rings. The van der Waals surface area contributed by atoms with Crippen molar-refractivity contribution in [3.05, 3.63) is 0 Å². The molecule has 0 N–H and O–H groups in total. The predicted molar refractivity (Wildman–Crippen MR) is 62.4 cm³/mol. The number of hydrogen-bond donors (Lipinski definition) is 0. The molecule has 0 unspecified atom stereocenters. The number of halogens is 1. The number of alkyl halides is 1. The smallest absolute Gasteiger partial charge is 0.410 e. The third kappa shape index (κ3) is 4.77. The van der Waals surface area contributed by atoms with Crippen molar-refractivity contribution in [1.29, 1.82) is 0 Å². The molecule has 1 fully saturated rings. The Morgan fingerprint density at radius 2 is 1.89 bits per heavy atom. The molecule has 1 heterocycles. The fraction of sp³-hybridized carbons (Fsp3) is 0.900. The van der Waals surface area contributed by atoms with Crippen LogP contribution in [0.3, 0.4) is 0 Å². The average Bonchev–Trinajstić information content (AvgIpc) is 2.06. The van der Waals surface area contributed by atoms with Crippen molar-refractivity contribution in [2.45, 2.75) is 32.0 Å². The van der Waals surface area contributed by atoms with Crippen molar-refractivity contribution in [2.24, 2.45) is 0 Å². The van der Waals surface area contributed by atoms with Crippen molar-refractivity contribution in [3.8, 4) is 0 Å². The van der Waals surface area contributed by atoms with Crippen LogP contribution in [0, 0.1) is 0 Å². The maximum absolute atomic E-state index is 13.8. The largest absolute Gasteiger partial charge is 0.444 e. The molecule has 106 valence electrons. The zero-order valence-corrected chi connectivity index (χ0v) is 11.7. The van der Waals surface area contributed by atoms with E-state index >= 15 is 0 Å². The fourth-order valence-electron chi connectivity index (χ4n) is 1.40. The number of likely N-dealkylation sites (tertiary alicyclic amines) is 1. The molecule has 1 amide bonds. The second-order valence-electron chi connectivity index (χ2n) is 5.45. The summed E-state index contributed by atoms with van der Waals surface area (Å²) in [6.45, 7) is 4.10. The molecule has 0 aliphatic carbocycles. The molecule has 0 aromatic carbocycles. The third-order valence-electron chi connectivity index (χ3n) is 2.13. The highest BCUT2D eigenvalue weighted by Gasteiger charge is 2.48. The summed E-state index contributed by atoms with van der Waals surface area (Å²) in [5, 5.41) is 0. The molecule has 0 aromatic heterocycles. The second kappa shape index (κ2) is 4.65. The van der Waals surface area contributed by atoms with Gasteiger partial charge < -0.3 is 9.64 Å². The zero-order valence-electron chi connectivity index (χ0n) is 10.9. The van der Waals surface area contributed by atoms with Crippen molar-refractivity contribution >= 4 is 16.2 Å². The van der Waals surface area contributed by atoms with Crippen molar-refractivity contribution in [2.75, 3.05) is 26.0 Å². The number of carbonyl (C=O) groups excluding carboxylic acids is 1. The van der Waals surface area contributed by atoms with E-state index in [1.54, 1.807) is 20.8 Å². The molecule has 0 spiro atoms. The second-order valence-corrected chi connectivity index (χ2v) is 7.10. The lowest BCUT2D eigenvalue weighted by molar-refractivity contribution is -0.0675. The van der Waals surface area contributed by atoms with E-state index < -0.39 is 34.1 Å². The molecule has 8 heteroatoms. The van der Waals surface area contributed by atoms with E-state index in [0.29, 0.717) is 0 Å². The van der Waals surface area contributed by atoms with Crippen molar-refractivity contribution in [1.82, 2.24) is 4.90 Å². The Bertz CT molecular complexity index is 422. The first-order valence-corrected chi connectivity index (χ1v) is 7.23. The summed E-state index contributed by atoms with van der Waals surface area (Å²) >= 11 is 0. The third-order valence-corrected chi connectivity index (χ3v) is 2.68. The molecule has 0 saturated carbocycles. The summed E-state index contributed by atoms with van der Waals surface area (Å²) in [6, 6.07) is 0. The highest BCUT2D eigenvalue weighted by Crippen LogP contribution is 2.27. The van der Waals surface area contributed by atoms with Gasteiger partial charge in [-0.25, -0.2) is 9.18 Å². The van der Waals surface area contributed by atoms with Crippen LogP contribution >= 0.6 is 0 Å². The number of nitrogens with zero attached hydrogens (tertiary/aromatic N) is 1. The highest BCUT2D eigenvalue weighted by molar-refractivity contribution is 7.85. The van der Waals surface area contributed by atoms with Crippen LogP contribution < -0.4 is 0 Å². The van der Waals surface area contributed by atoms with Gasteiger partial charge in [0.05, 0.1) is 19.3 Å². The van der Waals surface area contributed by atoms with E-state index in [2.05, 4.69) is 4.18 Å². The molecule has 1 aliphatic heterocycles. The molecule has 0 radical (unpaired) electrons. The maximum Gasteiger partial charge on any atom is 0.410 e. The zero-order chi connectivity index (χ0) is 14.2. The van der Waals surface area contributed by atoms with E-state index in [4.69, 9.17) is 4.74 Å². The summed E-state index contributed by atoms with van der Waals surface area (Å²) in [5.74, 6) is 0. The van der Waals surface area contributed by atoms with Crippen LogP contribution in [0.15, 0.2) is 0 Å². The van der Waals surface area contributed by atoms with Crippen LogP contribution in [-0.2, 0) is 19.0 Å². The first-order valence-electron chi connectivity index (χ1n) is 5.42. The van der Waals surface area contributed by atoms with Gasteiger partial charge in [0.1, 0.15) is 12.2 Å². The van der Waals surface area contributed by atoms with Gasteiger partial charge in [-0.2, -0.15) is 8.42 Å². The molecule has 6 nitrogen and oxygen atoms in total. The van der Waals surface area contributed by atoms with Crippen LogP contribution in [-0.4, -0.2) is 56.6 Å². The van der Waals surface area contributed by atoms with Gasteiger partial charge in [-0.3, -0.25) is 4.18 Å². The number of carbonyl (C=O) groups is 1. The average molecular weight is 283 g/mol. The molecule has 1 saturated heterocycles. The standard InChI is InChI=1S/C10H18FNO5S/c1-9(2,3)17-8(13)12-5-10(11,6-12)7-16-18(4,14)15/h5-7H2,1-4H3. The van der Waals surface area contributed by atoms with Crippen LogP contribution in [0.4, 0.5) is 9.18 Å². The van der Waals surface area contributed by atoms with Crippen LogP contribution in [0.25, 0.3) is 0 Å². The maximum atomic E-state index is 13.8. The fourth-order valence-corrected chi connectivity index (χ4v) is 1.82. The Labute approximate surface area is 106 Å². The van der Waals surface area contributed by atoms with Gasteiger partial charge in [-0.15, -0.1) is 0 Å². The van der Waals surface area contributed by atoms with E-state index in [-0.39, 0.29) is 13.1 Å². The summed E-state index contributed by atoms with van der Waals surface area (Å²) in [4.78, 5) is 12.7. The Kier molecular flexibility index (Phi) is 3.92. The molecule has 0 aromatic rings. The predicted octanol–water partition coefficient (Wildman–Crippen LogP) is 0.922. The van der Waals surface area contributed by atoms with Crippen LogP contribution in [0.2, 0.25) is 0 Å². The lowest BCUT2D eigenvalue weighted by Crippen LogP contribution is -2.63. The normalized spacial score (nSPS) is 19.3. The number of ether oxygens (including phenoxy) is 1. The molecule has 0 atom stereocenters. The lowest BCUT2D eigenvalue weighted by atomic mass is 9.98. The molecule has 0 bridgehead atoms. The molecule has 1 rings (SSSR count). The van der Waals surface area contributed by atoms with Crippen molar-refractivity contribution in [3.63, 3.8) is 0 Å². The quantitative estimate of drug-likeness (QED) is 0.720. The number of amides is 1. The van der Waals surface area contributed by atoms with Gasteiger partial charge >= 0.3 is 6.09 Å². The topological polar surface area (TPSA) is 72.9 Å². The van der Waals surface area contributed by atoms with Gasteiger partial charge in [-0.05, 0) is 20.8 Å². The number of rotatable bonds is 3. The van der Waals surface area contributed by atoms with E-state index in [0.717, 1.165) is 11.2 Å². The number of hydrogen-bond acceptors (Lipinski definition) is 5. The molecular formula is C10H18FNO5S. The van der Waals surface area contributed by atoms with Gasteiger partial charge in [0, 0.05) is 0 Å². The van der Waals surface area contributed by atoms with Gasteiger partial charge in [0.25, 0.3) is 10.1 Å². The first-order chi connectivity index (χ1) is 7.90. The van der Waals surface area contributed by atoms with Gasteiger partial charge in [-0.1, -0.05) is 0 Å². The SMILES string of the molecule is CC(C)(C)OC(=O)N1CC(F)(COS(C)(=O)=O)C1. The van der Waals surface area contributed by atoms with Gasteiger partial charge in [0.2, 0.25) is 0 Å². The van der Waals surface area contributed by atoms with Crippen molar-refractivity contribution < 1.29 is 26.5 Å². The summed E-state index contributed by atoms with van der Waals surface area (Å²) < 4.78 is 44.7. The Hall–Kier alpha value is -0.890.